The lowest BCUT2D eigenvalue weighted by Gasteiger charge is -2.28. The molecule has 6 heteroatoms. The Labute approximate surface area is 132 Å². The first-order valence-corrected chi connectivity index (χ1v) is 7.52. The van der Waals surface area contributed by atoms with Crippen molar-refractivity contribution in [1.29, 1.82) is 0 Å². The highest BCUT2D eigenvalue weighted by atomic mass is 35.5. The van der Waals surface area contributed by atoms with Gasteiger partial charge in [-0.3, -0.25) is 4.79 Å². The van der Waals surface area contributed by atoms with Crippen LogP contribution in [0.2, 0.25) is 10.0 Å². The second-order valence-electron chi connectivity index (χ2n) is 5.22. The molecule has 1 heterocycles. The Bertz CT molecular complexity index is 641. The Hall–Kier alpha value is -1.52. The van der Waals surface area contributed by atoms with Gasteiger partial charge in [-0.2, -0.15) is 0 Å². The van der Waals surface area contributed by atoms with Gasteiger partial charge in [0, 0.05) is 17.3 Å². The van der Waals surface area contributed by atoms with Crippen LogP contribution in [-0.4, -0.2) is 18.2 Å². The lowest BCUT2D eigenvalue weighted by Crippen LogP contribution is -2.27. The van der Waals surface area contributed by atoms with Crippen LogP contribution in [0, 0.1) is 5.92 Å². The number of nitrogens with two attached hydrogens (primary N) is 1. The Morgan fingerprint density at radius 1 is 1.24 bits per heavy atom. The number of anilines is 1. The van der Waals surface area contributed by atoms with Gasteiger partial charge in [0.2, 0.25) is 5.90 Å². The molecule has 21 heavy (non-hydrogen) atoms. The topological polar surface area (TPSA) is 64.7 Å². The summed E-state index contributed by atoms with van der Waals surface area (Å²) in [5.74, 6) is 1.08. The standard InChI is InChI=1S/C15H14Cl2N2O2/c16-11-4-9(18)5-12(17)15(11)21-14-6-10(8-2-1-3-8)13(20)7-19-14/h4-6,8H,1-3,7,18H2. The number of Topliss-reactive ketones (excluding diaryl/α,β-unsaturated/α-hetero) is 1. The summed E-state index contributed by atoms with van der Waals surface area (Å²) in [5.41, 5.74) is 6.92. The lowest BCUT2D eigenvalue weighted by atomic mass is 9.77. The zero-order chi connectivity index (χ0) is 15.0. The van der Waals surface area contributed by atoms with Gasteiger partial charge >= 0.3 is 0 Å². The predicted octanol–water partition coefficient (Wildman–Crippen LogP) is 3.66. The minimum Gasteiger partial charge on any atom is -0.436 e. The molecule has 1 aromatic rings. The molecule has 0 amide bonds. The molecule has 1 aliphatic heterocycles. The van der Waals surface area contributed by atoms with Crippen LogP contribution in [0.15, 0.2) is 28.8 Å². The van der Waals surface area contributed by atoms with Crippen molar-refractivity contribution in [3.63, 3.8) is 0 Å². The van der Waals surface area contributed by atoms with Crippen molar-refractivity contribution in [2.24, 2.45) is 10.9 Å². The van der Waals surface area contributed by atoms with Gasteiger partial charge in [-0.25, -0.2) is 4.99 Å². The molecule has 2 N–H and O–H groups in total. The van der Waals surface area contributed by atoms with E-state index in [0.717, 1.165) is 24.8 Å². The van der Waals surface area contributed by atoms with Gasteiger partial charge in [0.25, 0.3) is 0 Å². The van der Waals surface area contributed by atoms with Crippen LogP contribution in [-0.2, 0) is 4.79 Å². The number of aliphatic imine (C=N–C) groups is 1. The van der Waals surface area contributed by atoms with Crippen LogP contribution in [0.4, 0.5) is 5.69 Å². The van der Waals surface area contributed by atoms with Gasteiger partial charge in [0.05, 0.1) is 10.0 Å². The van der Waals surface area contributed by atoms with E-state index in [4.69, 9.17) is 33.7 Å². The van der Waals surface area contributed by atoms with Crippen LogP contribution < -0.4 is 10.5 Å². The molecule has 1 fully saturated rings. The second kappa shape index (κ2) is 5.70. The van der Waals surface area contributed by atoms with Crippen molar-refractivity contribution in [2.45, 2.75) is 19.3 Å². The van der Waals surface area contributed by atoms with Crippen LogP contribution >= 0.6 is 23.2 Å². The SMILES string of the molecule is Nc1cc(Cl)c(OC2=NCC(=O)C(C3CCC3)=C2)c(Cl)c1. The highest BCUT2D eigenvalue weighted by molar-refractivity contribution is 6.37. The van der Waals surface area contributed by atoms with E-state index >= 15 is 0 Å². The molecule has 1 aromatic carbocycles. The average Bonchev–Trinajstić information content (AvgIpc) is 2.35. The molecule has 1 aliphatic carbocycles. The molecular formula is C15H14Cl2N2O2. The fourth-order valence-corrected chi connectivity index (χ4v) is 2.99. The van der Waals surface area contributed by atoms with E-state index in [1.807, 2.05) is 0 Å². The van der Waals surface area contributed by atoms with Crippen molar-refractivity contribution in [2.75, 3.05) is 12.3 Å². The number of rotatable bonds is 2. The van der Waals surface area contributed by atoms with E-state index in [2.05, 4.69) is 4.99 Å². The van der Waals surface area contributed by atoms with E-state index in [-0.39, 0.29) is 12.3 Å². The summed E-state index contributed by atoms with van der Waals surface area (Å²) in [4.78, 5) is 16.0. The van der Waals surface area contributed by atoms with Crippen molar-refractivity contribution in [3.8, 4) is 5.75 Å². The molecule has 1 saturated carbocycles. The van der Waals surface area contributed by atoms with Crippen LogP contribution in [0.25, 0.3) is 0 Å². The number of hydrogen-bond donors (Lipinski definition) is 1. The smallest absolute Gasteiger partial charge is 0.215 e. The molecule has 0 saturated heterocycles. The van der Waals surface area contributed by atoms with Gasteiger partial charge in [-0.05, 0) is 30.9 Å². The fraction of sp³-hybridized carbons (Fsp3) is 0.333. The number of ketones is 1. The molecule has 0 spiro atoms. The number of nitrogens with zero attached hydrogens (tertiary/aromatic N) is 1. The predicted molar refractivity (Wildman–Crippen MR) is 84.2 cm³/mol. The monoisotopic (exact) mass is 324 g/mol. The largest absolute Gasteiger partial charge is 0.436 e. The summed E-state index contributed by atoms with van der Waals surface area (Å²) in [6.07, 6.45) is 4.97. The highest BCUT2D eigenvalue weighted by Crippen LogP contribution is 2.37. The number of nitrogen functional groups attached to an aromatic ring is 1. The number of dihydropyridines is 1. The summed E-state index contributed by atoms with van der Waals surface area (Å²) >= 11 is 12.2. The Morgan fingerprint density at radius 2 is 1.90 bits per heavy atom. The van der Waals surface area contributed by atoms with Crippen molar-refractivity contribution < 1.29 is 9.53 Å². The Morgan fingerprint density at radius 3 is 2.48 bits per heavy atom. The zero-order valence-electron chi connectivity index (χ0n) is 11.2. The van der Waals surface area contributed by atoms with Crippen molar-refractivity contribution >= 4 is 40.6 Å². The second-order valence-corrected chi connectivity index (χ2v) is 6.04. The van der Waals surface area contributed by atoms with Gasteiger partial charge in [0.15, 0.2) is 11.5 Å². The molecule has 0 aromatic heterocycles. The maximum absolute atomic E-state index is 11.9. The molecule has 0 radical (unpaired) electrons. The summed E-state index contributed by atoms with van der Waals surface area (Å²) < 4.78 is 5.67. The first kappa shape index (κ1) is 14.4. The van der Waals surface area contributed by atoms with E-state index in [1.165, 1.54) is 0 Å². The minimum atomic E-state index is 0.0709. The number of carbonyl (C=O) groups is 1. The first-order valence-electron chi connectivity index (χ1n) is 6.76. The molecular weight excluding hydrogens is 311 g/mol. The average molecular weight is 325 g/mol. The zero-order valence-corrected chi connectivity index (χ0v) is 12.7. The van der Waals surface area contributed by atoms with Crippen molar-refractivity contribution in [3.05, 3.63) is 33.8 Å². The molecule has 0 atom stereocenters. The number of benzene rings is 1. The number of ether oxygens (including phenoxy) is 1. The number of halogens is 2. The third-order valence-corrected chi connectivity index (χ3v) is 4.31. The summed E-state index contributed by atoms with van der Waals surface area (Å²) in [5, 5.41) is 0.636. The molecule has 0 bridgehead atoms. The van der Waals surface area contributed by atoms with E-state index in [1.54, 1.807) is 18.2 Å². The highest BCUT2D eigenvalue weighted by Gasteiger charge is 2.29. The summed E-state index contributed by atoms with van der Waals surface area (Å²) in [6, 6.07) is 3.13. The first-order chi connectivity index (χ1) is 10.0. The number of carbonyl (C=O) groups excluding carboxylic acids is 1. The Kier molecular flexibility index (Phi) is 3.91. The maximum Gasteiger partial charge on any atom is 0.215 e. The lowest BCUT2D eigenvalue weighted by molar-refractivity contribution is -0.115. The van der Waals surface area contributed by atoms with E-state index in [0.29, 0.717) is 33.3 Å². The fourth-order valence-electron chi connectivity index (χ4n) is 2.41. The molecule has 4 nitrogen and oxygen atoms in total. The summed E-state index contributed by atoms with van der Waals surface area (Å²) in [7, 11) is 0. The van der Waals surface area contributed by atoms with Crippen LogP contribution in [0.5, 0.6) is 5.75 Å². The van der Waals surface area contributed by atoms with Crippen molar-refractivity contribution in [1.82, 2.24) is 0 Å². The molecule has 0 unspecified atom stereocenters. The van der Waals surface area contributed by atoms with Gasteiger partial charge in [0.1, 0.15) is 6.54 Å². The third-order valence-electron chi connectivity index (χ3n) is 3.75. The molecule has 2 aliphatic rings. The maximum atomic E-state index is 11.9. The van der Waals surface area contributed by atoms with Crippen LogP contribution in [0.1, 0.15) is 19.3 Å². The van der Waals surface area contributed by atoms with Crippen LogP contribution in [0.3, 0.4) is 0 Å². The normalized spacial score (nSPS) is 18.9. The number of hydrogen-bond acceptors (Lipinski definition) is 4. The van der Waals surface area contributed by atoms with Gasteiger partial charge in [-0.15, -0.1) is 0 Å². The minimum absolute atomic E-state index is 0.0709. The summed E-state index contributed by atoms with van der Waals surface area (Å²) in [6.45, 7) is 0.113. The molecule has 3 rings (SSSR count). The van der Waals surface area contributed by atoms with Gasteiger partial charge in [-0.1, -0.05) is 29.6 Å². The van der Waals surface area contributed by atoms with E-state index in [9.17, 15) is 4.79 Å². The van der Waals surface area contributed by atoms with E-state index < -0.39 is 0 Å². The quantitative estimate of drug-likeness (QED) is 0.844. The Balaban J connectivity index is 1.85. The molecule has 110 valence electrons. The third kappa shape index (κ3) is 2.92. The van der Waals surface area contributed by atoms with Gasteiger partial charge < -0.3 is 10.5 Å².